The van der Waals surface area contributed by atoms with E-state index in [9.17, 15) is 5.11 Å². The normalized spacial score (nSPS) is 55.5. The summed E-state index contributed by atoms with van der Waals surface area (Å²) in [6.45, 7) is 0. The first kappa shape index (κ1) is 11.8. The van der Waals surface area contributed by atoms with E-state index in [1.165, 1.54) is 57.8 Å². The Balaban J connectivity index is 1.67. The zero-order chi connectivity index (χ0) is 12.1. The second-order valence-electron chi connectivity index (χ2n) is 7.61. The average Bonchev–Trinajstić information content (AvgIpc) is 2.82. The van der Waals surface area contributed by atoms with Gasteiger partial charge < -0.3 is 5.11 Å². The van der Waals surface area contributed by atoms with Crippen molar-refractivity contribution in [1.29, 1.82) is 0 Å². The van der Waals surface area contributed by atoms with E-state index in [4.69, 9.17) is 0 Å². The van der Waals surface area contributed by atoms with Crippen LogP contribution >= 0.6 is 0 Å². The summed E-state index contributed by atoms with van der Waals surface area (Å²) in [6, 6.07) is 0. The van der Waals surface area contributed by atoms with E-state index in [0.29, 0.717) is 5.92 Å². The van der Waals surface area contributed by atoms with Crippen LogP contribution in [0.2, 0.25) is 0 Å². The third-order valence-corrected chi connectivity index (χ3v) is 7.08. The summed E-state index contributed by atoms with van der Waals surface area (Å²) >= 11 is 0. The van der Waals surface area contributed by atoms with Crippen LogP contribution in [-0.4, -0.2) is 11.2 Å². The molecule has 1 N–H and O–H groups in total. The highest BCUT2D eigenvalue weighted by Crippen LogP contribution is 2.60. The smallest absolute Gasteiger partial charge is 0.0574 e. The molecule has 0 heterocycles. The highest BCUT2D eigenvalue weighted by Gasteiger charge is 2.54. The Morgan fingerprint density at radius 1 is 0.500 bits per heavy atom. The molecule has 1 nitrogen and oxygen atoms in total. The van der Waals surface area contributed by atoms with Crippen molar-refractivity contribution in [3.63, 3.8) is 0 Å². The summed E-state index contributed by atoms with van der Waals surface area (Å²) in [5.41, 5.74) is 0. The summed E-state index contributed by atoms with van der Waals surface area (Å²) in [6.07, 6.45) is 14.3. The number of fused-ring (bicyclic) bond motifs is 6. The van der Waals surface area contributed by atoms with Crippen molar-refractivity contribution in [2.24, 2.45) is 35.5 Å². The minimum Gasteiger partial charge on any atom is -0.393 e. The van der Waals surface area contributed by atoms with E-state index in [2.05, 4.69) is 0 Å². The molecular weight excluding hydrogens is 220 g/mol. The molecule has 7 unspecified atom stereocenters. The molecule has 0 saturated heterocycles. The molecule has 0 aromatic heterocycles. The van der Waals surface area contributed by atoms with Crippen LogP contribution in [0.4, 0.5) is 0 Å². The zero-order valence-corrected chi connectivity index (χ0v) is 11.6. The molecule has 4 fully saturated rings. The van der Waals surface area contributed by atoms with E-state index in [1.54, 1.807) is 0 Å². The quantitative estimate of drug-likeness (QED) is 0.687. The lowest BCUT2D eigenvalue weighted by Crippen LogP contribution is -2.49. The Morgan fingerprint density at radius 2 is 0.944 bits per heavy atom. The maximum absolute atomic E-state index is 10.5. The molecule has 7 atom stereocenters. The van der Waals surface area contributed by atoms with Gasteiger partial charge in [0.15, 0.2) is 0 Å². The van der Waals surface area contributed by atoms with Crippen molar-refractivity contribution in [1.82, 2.24) is 0 Å². The highest BCUT2D eigenvalue weighted by molar-refractivity contribution is 5.03. The van der Waals surface area contributed by atoms with E-state index >= 15 is 0 Å². The largest absolute Gasteiger partial charge is 0.393 e. The first-order valence-corrected chi connectivity index (χ1v) is 8.54. The molecule has 1 heteroatoms. The second-order valence-corrected chi connectivity index (χ2v) is 7.61. The number of aliphatic hydroxyl groups is 1. The predicted molar refractivity (Wildman–Crippen MR) is 73.1 cm³/mol. The fraction of sp³-hybridized carbons (Fsp3) is 1.00. The van der Waals surface area contributed by atoms with Gasteiger partial charge in [0, 0.05) is 0 Å². The van der Waals surface area contributed by atoms with Gasteiger partial charge in [0.25, 0.3) is 0 Å². The molecule has 18 heavy (non-hydrogen) atoms. The topological polar surface area (TPSA) is 20.2 Å². The lowest BCUT2D eigenvalue weighted by atomic mass is 9.51. The first-order valence-electron chi connectivity index (χ1n) is 8.54. The molecule has 0 bridgehead atoms. The van der Waals surface area contributed by atoms with Crippen LogP contribution in [0.5, 0.6) is 0 Å². The van der Waals surface area contributed by atoms with Gasteiger partial charge in [-0.2, -0.15) is 0 Å². The van der Waals surface area contributed by atoms with Gasteiger partial charge in [-0.15, -0.1) is 0 Å². The molecule has 0 spiro atoms. The zero-order valence-electron chi connectivity index (χ0n) is 11.6. The van der Waals surface area contributed by atoms with Crippen LogP contribution in [0.3, 0.4) is 0 Å². The molecule has 102 valence electrons. The van der Waals surface area contributed by atoms with Crippen molar-refractivity contribution >= 4 is 0 Å². The van der Waals surface area contributed by atoms with Gasteiger partial charge in [-0.1, -0.05) is 25.7 Å². The van der Waals surface area contributed by atoms with Gasteiger partial charge in [0.05, 0.1) is 6.10 Å². The predicted octanol–water partition coefficient (Wildman–Crippen LogP) is 4.00. The summed E-state index contributed by atoms with van der Waals surface area (Å²) in [5, 5.41) is 10.5. The summed E-state index contributed by atoms with van der Waals surface area (Å²) < 4.78 is 0. The Bertz CT molecular complexity index is 301. The monoisotopic (exact) mass is 248 g/mol. The van der Waals surface area contributed by atoms with E-state index < -0.39 is 0 Å². The fourth-order valence-electron chi connectivity index (χ4n) is 6.58. The summed E-state index contributed by atoms with van der Waals surface area (Å²) in [4.78, 5) is 0. The van der Waals surface area contributed by atoms with Crippen LogP contribution in [0.1, 0.15) is 64.2 Å². The van der Waals surface area contributed by atoms with Crippen molar-refractivity contribution in [2.75, 3.05) is 0 Å². The highest BCUT2D eigenvalue weighted by atomic mass is 16.3. The fourth-order valence-corrected chi connectivity index (χ4v) is 6.58. The standard InChI is InChI=1S/C17H28O/c18-16-10-9-15-13-7-2-1-5-11(13)12-6-3-4-8-14(12)17(15)16/h11-18H,1-10H2. The molecule has 0 amide bonds. The molecule has 4 aliphatic carbocycles. The van der Waals surface area contributed by atoms with Gasteiger partial charge in [0.1, 0.15) is 0 Å². The first-order chi connectivity index (χ1) is 8.86. The van der Waals surface area contributed by atoms with Gasteiger partial charge in [-0.25, -0.2) is 0 Å². The SMILES string of the molecule is OC1CCC2C3CCCCC3C3CCCCC3C12. The van der Waals surface area contributed by atoms with Crippen LogP contribution < -0.4 is 0 Å². The van der Waals surface area contributed by atoms with E-state index in [1.807, 2.05) is 0 Å². The second kappa shape index (κ2) is 4.51. The van der Waals surface area contributed by atoms with Crippen LogP contribution in [0, 0.1) is 35.5 Å². The lowest BCUT2D eigenvalue weighted by Gasteiger charge is -2.54. The summed E-state index contributed by atoms with van der Waals surface area (Å²) in [5.74, 6) is 5.56. The average molecular weight is 248 g/mol. The molecule has 4 aliphatic rings. The van der Waals surface area contributed by atoms with Crippen LogP contribution in [0.25, 0.3) is 0 Å². The van der Waals surface area contributed by atoms with E-state index in [-0.39, 0.29) is 6.10 Å². The lowest BCUT2D eigenvalue weighted by molar-refractivity contribution is -0.0779. The maximum atomic E-state index is 10.5. The Labute approximate surface area is 111 Å². The summed E-state index contributed by atoms with van der Waals surface area (Å²) in [7, 11) is 0. The number of rotatable bonds is 0. The number of hydrogen-bond donors (Lipinski definition) is 1. The molecule has 0 aromatic carbocycles. The molecule has 4 rings (SSSR count). The molecular formula is C17H28O. The van der Waals surface area contributed by atoms with Crippen LogP contribution in [0.15, 0.2) is 0 Å². The maximum Gasteiger partial charge on any atom is 0.0574 e. The number of hydrogen-bond acceptors (Lipinski definition) is 1. The molecule has 0 aromatic rings. The third-order valence-electron chi connectivity index (χ3n) is 7.08. The minimum absolute atomic E-state index is 0.0588. The Kier molecular flexibility index (Phi) is 2.94. The number of aliphatic hydroxyl groups excluding tert-OH is 1. The van der Waals surface area contributed by atoms with Crippen molar-refractivity contribution < 1.29 is 5.11 Å². The Morgan fingerprint density at radius 3 is 1.56 bits per heavy atom. The van der Waals surface area contributed by atoms with Crippen LogP contribution in [-0.2, 0) is 0 Å². The van der Waals surface area contributed by atoms with E-state index in [0.717, 1.165) is 36.0 Å². The van der Waals surface area contributed by atoms with Gasteiger partial charge >= 0.3 is 0 Å². The van der Waals surface area contributed by atoms with Crippen molar-refractivity contribution in [3.05, 3.63) is 0 Å². The van der Waals surface area contributed by atoms with Gasteiger partial charge in [0.2, 0.25) is 0 Å². The molecule has 0 aliphatic heterocycles. The Hall–Kier alpha value is -0.0400. The van der Waals surface area contributed by atoms with Gasteiger partial charge in [-0.05, 0) is 74.0 Å². The molecule has 0 radical (unpaired) electrons. The van der Waals surface area contributed by atoms with Crippen molar-refractivity contribution in [3.8, 4) is 0 Å². The molecule has 4 saturated carbocycles. The third kappa shape index (κ3) is 1.62. The minimum atomic E-state index is 0.0588. The van der Waals surface area contributed by atoms with Crippen molar-refractivity contribution in [2.45, 2.75) is 70.3 Å². The van der Waals surface area contributed by atoms with Gasteiger partial charge in [-0.3, -0.25) is 0 Å².